The van der Waals surface area contributed by atoms with E-state index in [0.29, 0.717) is 16.7 Å². The lowest BCUT2D eigenvalue weighted by Gasteiger charge is -1.97. The zero-order valence-corrected chi connectivity index (χ0v) is 7.81. The molecule has 0 unspecified atom stereocenters. The minimum absolute atomic E-state index is 0.332. The first-order chi connectivity index (χ1) is 5.74. The Kier molecular flexibility index (Phi) is 3.38. The van der Waals surface area contributed by atoms with Crippen LogP contribution in [0.5, 0.6) is 0 Å². The molecule has 0 atom stereocenters. The number of pyridine rings is 1. The Morgan fingerprint density at radius 3 is 2.92 bits per heavy atom. The Hall–Kier alpha value is -0.730. The first-order valence-electron chi connectivity index (χ1n) is 3.37. The van der Waals surface area contributed by atoms with Crippen molar-refractivity contribution >= 4 is 35.0 Å². The lowest BCUT2D eigenvalue weighted by Crippen LogP contribution is -1.89. The molecule has 0 amide bonds. The molecule has 0 aromatic carbocycles. The van der Waals surface area contributed by atoms with Gasteiger partial charge in [-0.3, -0.25) is 0 Å². The summed E-state index contributed by atoms with van der Waals surface area (Å²) in [5, 5.41) is 0.332. The number of nitrogens with two attached hydrogens (primary N) is 1. The van der Waals surface area contributed by atoms with E-state index in [2.05, 4.69) is 4.98 Å². The molecule has 2 nitrogen and oxygen atoms in total. The van der Waals surface area contributed by atoms with E-state index in [1.807, 2.05) is 12.2 Å². The van der Waals surface area contributed by atoms with Gasteiger partial charge in [-0.1, -0.05) is 23.8 Å². The second kappa shape index (κ2) is 4.33. The summed E-state index contributed by atoms with van der Waals surface area (Å²) < 4.78 is 0. The van der Waals surface area contributed by atoms with Gasteiger partial charge in [-0.15, -0.1) is 11.6 Å². The largest absolute Gasteiger partial charge is 0.396 e. The molecule has 4 heteroatoms. The molecule has 1 heterocycles. The van der Waals surface area contributed by atoms with Crippen molar-refractivity contribution in [3.05, 3.63) is 29.1 Å². The molecule has 0 aliphatic carbocycles. The zero-order chi connectivity index (χ0) is 8.97. The van der Waals surface area contributed by atoms with E-state index in [-0.39, 0.29) is 0 Å². The maximum Gasteiger partial charge on any atom is 0.151 e. The molecule has 0 aliphatic heterocycles. The summed E-state index contributed by atoms with van der Waals surface area (Å²) in [6.45, 7) is 0. The maximum atomic E-state index is 5.63. The van der Waals surface area contributed by atoms with E-state index in [1.54, 1.807) is 12.3 Å². The van der Waals surface area contributed by atoms with Crippen molar-refractivity contribution in [2.75, 3.05) is 11.6 Å². The highest BCUT2D eigenvalue weighted by molar-refractivity contribution is 6.31. The van der Waals surface area contributed by atoms with Crippen LogP contribution in [-0.2, 0) is 0 Å². The SMILES string of the molecule is Nc1cc(C=CCCl)cnc1Cl. The Balaban J connectivity index is 2.89. The second-order valence-electron chi connectivity index (χ2n) is 2.21. The molecule has 64 valence electrons. The molecule has 0 saturated carbocycles. The molecule has 0 saturated heterocycles. The predicted octanol–water partition coefficient (Wildman–Crippen LogP) is 2.57. The quantitative estimate of drug-likeness (QED) is 0.592. The molecular weight excluding hydrogens is 195 g/mol. The Morgan fingerprint density at radius 1 is 1.58 bits per heavy atom. The average Bonchev–Trinajstić information content (AvgIpc) is 2.07. The van der Waals surface area contributed by atoms with Crippen LogP contribution in [0.25, 0.3) is 6.08 Å². The molecule has 0 fully saturated rings. The van der Waals surface area contributed by atoms with Crippen LogP contribution in [0, 0.1) is 0 Å². The molecule has 0 aliphatic rings. The topological polar surface area (TPSA) is 38.9 Å². The van der Waals surface area contributed by atoms with Crippen molar-refractivity contribution < 1.29 is 0 Å². The van der Waals surface area contributed by atoms with E-state index < -0.39 is 0 Å². The molecular formula is C8H8Cl2N2. The van der Waals surface area contributed by atoms with Crippen molar-refractivity contribution in [3.8, 4) is 0 Å². The van der Waals surface area contributed by atoms with Crippen LogP contribution < -0.4 is 5.73 Å². The van der Waals surface area contributed by atoms with Crippen LogP contribution in [0.3, 0.4) is 0 Å². The highest BCUT2D eigenvalue weighted by Crippen LogP contribution is 2.16. The van der Waals surface area contributed by atoms with Crippen molar-refractivity contribution in [2.24, 2.45) is 0 Å². The maximum absolute atomic E-state index is 5.63. The number of aromatic nitrogens is 1. The third-order valence-electron chi connectivity index (χ3n) is 1.29. The second-order valence-corrected chi connectivity index (χ2v) is 2.87. The minimum Gasteiger partial charge on any atom is -0.396 e. The number of hydrogen-bond acceptors (Lipinski definition) is 2. The summed E-state index contributed by atoms with van der Waals surface area (Å²) in [7, 11) is 0. The zero-order valence-electron chi connectivity index (χ0n) is 6.30. The number of nitrogens with zero attached hydrogens (tertiary/aromatic N) is 1. The molecule has 2 N–H and O–H groups in total. The number of allylic oxidation sites excluding steroid dienone is 1. The normalized spacial score (nSPS) is 10.8. The van der Waals surface area contributed by atoms with E-state index in [1.165, 1.54) is 0 Å². The standard InChI is InChI=1S/C8H8Cl2N2/c9-3-1-2-6-4-7(11)8(10)12-5-6/h1-2,4-5H,3,11H2. The molecule has 1 aromatic rings. The van der Waals surface area contributed by atoms with E-state index in [0.717, 1.165) is 5.56 Å². The van der Waals surface area contributed by atoms with Gasteiger partial charge in [0, 0.05) is 12.1 Å². The molecule has 12 heavy (non-hydrogen) atoms. The fourth-order valence-corrected chi connectivity index (χ4v) is 0.946. The molecule has 1 aromatic heterocycles. The third kappa shape index (κ3) is 2.40. The first-order valence-corrected chi connectivity index (χ1v) is 4.29. The monoisotopic (exact) mass is 202 g/mol. The van der Waals surface area contributed by atoms with Gasteiger partial charge in [-0.05, 0) is 11.6 Å². The van der Waals surface area contributed by atoms with Crippen LogP contribution in [0.1, 0.15) is 5.56 Å². The lowest BCUT2D eigenvalue weighted by atomic mass is 10.2. The number of halogens is 2. The Morgan fingerprint density at radius 2 is 2.33 bits per heavy atom. The molecule has 0 radical (unpaired) electrons. The van der Waals surface area contributed by atoms with Gasteiger partial charge in [-0.25, -0.2) is 4.98 Å². The van der Waals surface area contributed by atoms with E-state index in [4.69, 9.17) is 28.9 Å². The summed E-state index contributed by atoms with van der Waals surface area (Å²) in [6, 6.07) is 1.75. The van der Waals surface area contributed by atoms with Crippen molar-refractivity contribution in [3.63, 3.8) is 0 Å². The van der Waals surface area contributed by atoms with Crippen LogP contribution >= 0.6 is 23.2 Å². The third-order valence-corrected chi connectivity index (χ3v) is 1.78. The number of nitrogen functional groups attached to an aromatic ring is 1. The predicted molar refractivity (Wildman–Crippen MR) is 53.4 cm³/mol. The summed E-state index contributed by atoms with van der Waals surface area (Å²) in [6.07, 6.45) is 5.29. The van der Waals surface area contributed by atoms with E-state index >= 15 is 0 Å². The fraction of sp³-hybridized carbons (Fsp3) is 0.125. The smallest absolute Gasteiger partial charge is 0.151 e. The van der Waals surface area contributed by atoms with Crippen molar-refractivity contribution in [2.45, 2.75) is 0 Å². The Labute approximate surface area is 81.0 Å². The van der Waals surface area contributed by atoms with E-state index in [9.17, 15) is 0 Å². The Bertz CT molecular complexity index is 297. The molecule has 1 rings (SSSR count). The summed E-state index contributed by atoms with van der Waals surface area (Å²) in [5.41, 5.74) is 6.91. The van der Waals surface area contributed by atoms with Gasteiger partial charge in [-0.2, -0.15) is 0 Å². The van der Waals surface area contributed by atoms with Gasteiger partial charge in [0.1, 0.15) is 0 Å². The van der Waals surface area contributed by atoms with Crippen LogP contribution in [-0.4, -0.2) is 10.9 Å². The van der Waals surface area contributed by atoms with Gasteiger partial charge in [0.15, 0.2) is 5.15 Å². The van der Waals surface area contributed by atoms with Crippen LogP contribution in [0.4, 0.5) is 5.69 Å². The summed E-state index contributed by atoms with van der Waals surface area (Å²) in [5.74, 6) is 0.475. The van der Waals surface area contributed by atoms with Gasteiger partial charge in [0.05, 0.1) is 5.69 Å². The highest BCUT2D eigenvalue weighted by Gasteiger charge is 1.95. The number of anilines is 1. The van der Waals surface area contributed by atoms with Gasteiger partial charge in [0.25, 0.3) is 0 Å². The molecule has 0 bridgehead atoms. The van der Waals surface area contributed by atoms with Gasteiger partial charge in [0.2, 0.25) is 0 Å². The number of hydrogen-bond donors (Lipinski definition) is 1. The van der Waals surface area contributed by atoms with Crippen LogP contribution in [0.2, 0.25) is 5.15 Å². The van der Waals surface area contributed by atoms with Gasteiger partial charge < -0.3 is 5.73 Å². The number of rotatable bonds is 2. The summed E-state index contributed by atoms with van der Waals surface area (Å²) in [4.78, 5) is 3.88. The molecule has 0 spiro atoms. The minimum atomic E-state index is 0.332. The first kappa shape index (κ1) is 9.36. The summed E-state index contributed by atoms with van der Waals surface area (Å²) >= 11 is 11.1. The van der Waals surface area contributed by atoms with Crippen molar-refractivity contribution in [1.82, 2.24) is 4.98 Å². The lowest BCUT2D eigenvalue weighted by molar-refractivity contribution is 1.32. The highest BCUT2D eigenvalue weighted by atomic mass is 35.5. The fourth-order valence-electron chi connectivity index (χ4n) is 0.754. The average molecular weight is 203 g/mol. The number of alkyl halides is 1. The van der Waals surface area contributed by atoms with Gasteiger partial charge >= 0.3 is 0 Å². The van der Waals surface area contributed by atoms with Crippen molar-refractivity contribution in [1.29, 1.82) is 0 Å². The van der Waals surface area contributed by atoms with Crippen LogP contribution in [0.15, 0.2) is 18.3 Å².